The molecule has 0 aliphatic carbocycles. The zero-order chi connectivity index (χ0) is 21.0. The molecule has 3 rings (SSSR count). The van der Waals surface area contributed by atoms with Crippen LogP contribution in [0.3, 0.4) is 0 Å². The van der Waals surface area contributed by atoms with Gasteiger partial charge in [0.2, 0.25) is 0 Å². The van der Waals surface area contributed by atoms with Crippen molar-refractivity contribution in [3.05, 3.63) is 59.2 Å². The second-order valence-electron chi connectivity index (χ2n) is 7.80. The molecule has 29 heavy (non-hydrogen) atoms. The van der Waals surface area contributed by atoms with Gasteiger partial charge in [-0.05, 0) is 43.5 Å². The van der Waals surface area contributed by atoms with Crippen molar-refractivity contribution in [3.63, 3.8) is 0 Å². The van der Waals surface area contributed by atoms with Gasteiger partial charge in [0, 0.05) is 12.0 Å². The number of nitrogens with zero attached hydrogens (tertiary/aromatic N) is 1. The molecule has 1 atom stereocenters. The summed E-state index contributed by atoms with van der Waals surface area (Å²) >= 11 is 0. The van der Waals surface area contributed by atoms with Gasteiger partial charge in [-0.2, -0.15) is 0 Å². The molecule has 1 amide bonds. The van der Waals surface area contributed by atoms with Gasteiger partial charge in [0.25, 0.3) is 5.91 Å². The molecule has 2 aromatic rings. The molecule has 0 radical (unpaired) electrons. The van der Waals surface area contributed by atoms with Gasteiger partial charge in [-0.3, -0.25) is 9.59 Å². The molecule has 1 unspecified atom stereocenters. The monoisotopic (exact) mass is 395 g/mol. The fraction of sp³-hybridized carbons (Fsp3) is 0.417. The van der Waals surface area contributed by atoms with Crippen molar-refractivity contribution in [1.82, 2.24) is 0 Å². The van der Waals surface area contributed by atoms with Crippen LogP contribution < -0.4 is 9.64 Å². The van der Waals surface area contributed by atoms with Gasteiger partial charge in [-0.25, -0.2) is 0 Å². The van der Waals surface area contributed by atoms with Crippen LogP contribution in [0.5, 0.6) is 5.75 Å². The van der Waals surface area contributed by atoms with Crippen LogP contribution in [0.15, 0.2) is 42.5 Å². The summed E-state index contributed by atoms with van der Waals surface area (Å²) in [5.41, 5.74) is 1.23. The number of Topliss-reactive ketones (excluding diaryl/α,β-unsaturated/α-hetero) is 1. The van der Waals surface area contributed by atoms with Gasteiger partial charge >= 0.3 is 0 Å². The number of ketones is 1. The van der Waals surface area contributed by atoms with Crippen molar-refractivity contribution in [2.75, 3.05) is 11.5 Å². The van der Waals surface area contributed by atoms with Crippen molar-refractivity contribution in [3.8, 4) is 5.75 Å². The van der Waals surface area contributed by atoms with E-state index >= 15 is 0 Å². The van der Waals surface area contributed by atoms with Crippen molar-refractivity contribution >= 4 is 17.4 Å². The number of hydrogen-bond acceptors (Lipinski definition) is 4. The van der Waals surface area contributed by atoms with Crippen molar-refractivity contribution in [2.45, 2.75) is 58.6 Å². The number of para-hydroxylation sites is 1. The Morgan fingerprint density at radius 2 is 1.86 bits per heavy atom. The van der Waals surface area contributed by atoms with E-state index in [9.17, 15) is 14.7 Å². The molecular weight excluding hydrogens is 366 g/mol. The van der Waals surface area contributed by atoms with E-state index in [0.717, 1.165) is 36.1 Å². The molecule has 0 bridgehead atoms. The van der Waals surface area contributed by atoms with Crippen LogP contribution in [0.25, 0.3) is 0 Å². The summed E-state index contributed by atoms with van der Waals surface area (Å²) in [6.07, 6.45) is 3.12. The summed E-state index contributed by atoms with van der Waals surface area (Å²) in [5.74, 6) is 0.138. The average Bonchev–Trinajstić information content (AvgIpc) is 2.89. The molecule has 1 N–H and O–H groups in total. The molecule has 0 aromatic heterocycles. The molecule has 5 heteroatoms. The second-order valence-corrected chi connectivity index (χ2v) is 7.80. The first kappa shape index (κ1) is 21.1. The third-order valence-corrected chi connectivity index (χ3v) is 5.34. The molecule has 154 valence electrons. The highest BCUT2D eigenvalue weighted by molar-refractivity contribution is 6.09. The Hall–Kier alpha value is -2.66. The number of carbonyl (C=O) groups excluding carboxylic acids is 2. The highest BCUT2D eigenvalue weighted by atomic mass is 16.5. The molecule has 1 aliphatic heterocycles. The van der Waals surface area contributed by atoms with E-state index in [1.165, 1.54) is 6.92 Å². The Morgan fingerprint density at radius 1 is 1.14 bits per heavy atom. The highest BCUT2D eigenvalue weighted by Gasteiger charge is 2.50. The van der Waals surface area contributed by atoms with Gasteiger partial charge in [-0.15, -0.1) is 0 Å². The molecular formula is C24H29NO4. The minimum atomic E-state index is -1.80. The zero-order valence-electron chi connectivity index (χ0n) is 17.4. The Morgan fingerprint density at radius 3 is 2.52 bits per heavy atom. The number of unbranched alkanes of at least 4 members (excludes halogenated alkanes) is 2. The summed E-state index contributed by atoms with van der Waals surface area (Å²) < 4.78 is 5.75. The molecule has 0 spiro atoms. The molecule has 1 heterocycles. The van der Waals surface area contributed by atoms with Crippen LogP contribution in [0.4, 0.5) is 5.69 Å². The first-order valence-electron chi connectivity index (χ1n) is 10.2. The molecule has 2 aromatic carbocycles. The summed E-state index contributed by atoms with van der Waals surface area (Å²) in [4.78, 5) is 26.5. The number of hydrogen-bond donors (Lipinski definition) is 1. The van der Waals surface area contributed by atoms with E-state index < -0.39 is 11.5 Å². The van der Waals surface area contributed by atoms with E-state index in [2.05, 4.69) is 6.92 Å². The van der Waals surface area contributed by atoms with Crippen LogP contribution in [0, 0.1) is 6.92 Å². The molecule has 0 saturated heterocycles. The second kappa shape index (κ2) is 8.78. The number of ether oxygens (including phenoxy) is 1. The number of rotatable bonds is 9. The normalized spacial score (nSPS) is 18.1. The van der Waals surface area contributed by atoms with E-state index in [1.54, 1.807) is 17.0 Å². The largest absolute Gasteiger partial charge is 0.494 e. The van der Waals surface area contributed by atoms with Crippen LogP contribution in [-0.2, 0) is 21.7 Å². The van der Waals surface area contributed by atoms with Gasteiger partial charge in [0.05, 0.1) is 18.8 Å². The Balaban J connectivity index is 1.81. The fourth-order valence-electron chi connectivity index (χ4n) is 3.89. The lowest BCUT2D eigenvalue weighted by Gasteiger charge is -2.22. The summed E-state index contributed by atoms with van der Waals surface area (Å²) in [7, 11) is 0. The van der Waals surface area contributed by atoms with Crippen LogP contribution in [0.1, 0.15) is 56.2 Å². The van der Waals surface area contributed by atoms with Crippen molar-refractivity contribution < 1.29 is 19.4 Å². The Kier molecular flexibility index (Phi) is 6.38. The first-order valence-corrected chi connectivity index (χ1v) is 10.2. The number of benzene rings is 2. The zero-order valence-corrected chi connectivity index (χ0v) is 17.4. The lowest BCUT2D eigenvalue weighted by atomic mass is 9.89. The minimum Gasteiger partial charge on any atom is -0.494 e. The standard InChI is InChI=1S/C24H29NO4/c1-4-5-6-14-29-20-12-10-19(11-13-20)16-25-22-17(2)8-7-9-21(22)24(28,23(25)27)15-18(3)26/h7-13,28H,4-6,14-16H2,1-3H3. The first-order chi connectivity index (χ1) is 13.9. The summed E-state index contributed by atoms with van der Waals surface area (Å²) in [5, 5.41) is 11.1. The van der Waals surface area contributed by atoms with Gasteiger partial charge in [0.15, 0.2) is 5.60 Å². The van der Waals surface area contributed by atoms with Gasteiger partial charge in [-0.1, -0.05) is 50.1 Å². The Bertz CT molecular complexity index is 890. The summed E-state index contributed by atoms with van der Waals surface area (Å²) in [6.45, 7) is 6.48. The van der Waals surface area contributed by atoms with E-state index in [1.807, 2.05) is 37.3 Å². The third-order valence-electron chi connectivity index (χ3n) is 5.34. The van der Waals surface area contributed by atoms with Crippen LogP contribution >= 0.6 is 0 Å². The predicted octanol–water partition coefficient (Wildman–Crippen LogP) is 4.28. The quantitative estimate of drug-likeness (QED) is 0.644. The topological polar surface area (TPSA) is 66.8 Å². The smallest absolute Gasteiger partial charge is 0.264 e. The number of fused-ring (bicyclic) bond motifs is 1. The average molecular weight is 395 g/mol. The van der Waals surface area contributed by atoms with Crippen LogP contribution in [-0.4, -0.2) is 23.4 Å². The molecule has 0 fully saturated rings. The van der Waals surface area contributed by atoms with E-state index in [4.69, 9.17) is 4.74 Å². The van der Waals surface area contributed by atoms with Crippen molar-refractivity contribution in [2.24, 2.45) is 0 Å². The SMILES string of the molecule is CCCCCOc1ccc(CN2C(=O)C(O)(CC(C)=O)c3cccc(C)c32)cc1. The van der Waals surface area contributed by atoms with Gasteiger partial charge < -0.3 is 14.7 Å². The van der Waals surface area contributed by atoms with Crippen LogP contribution in [0.2, 0.25) is 0 Å². The number of aliphatic hydroxyl groups is 1. The number of amides is 1. The molecule has 0 saturated carbocycles. The maximum atomic E-state index is 13.1. The van der Waals surface area contributed by atoms with Gasteiger partial charge in [0.1, 0.15) is 11.5 Å². The predicted molar refractivity (Wildman–Crippen MR) is 113 cm³/mol. The van der Waals surface area contributed by atoms with E-state index in [0.29, 0.717) is 24.4 Å². The molecule has 1 aliphatic rings. The van der Waals surface area contributed by atoms with Crippen molar-refractivity contribution in [1.29, 1.82) is 0 Å². The maximum Gasteiger partial charge on any atom is 0.264 e. The summed E-state index contributed by atoms with van der Waals surface area (Å²) in [6, 6.07) is 13.1. The highest BCUT2D eigenvalue weighted by Crippen LogP contribution is 2.44. The maximum absolute atomic E-state index is 13.1. The number of aryl methyl sites for hydroxylation is 1. The number of anilines is 1. The lowest BCUT2D eigenvalue weighted by molar-refractivity contribution is -0.141. The third kappa shape index (κ3) is 4.35. The lowest BCUT2D eigenvalue weighted by Crippen LogP contribution is -2.41. The number of carbonyl (C=O) groups is 2. The molecule has 5 nitrogen and oxygen atoms in total. The Labute approximate surface area is 172 Å². The fourth-order valence-corrected chi connectivity index (χ4v) is 3.89. The minimum absolute atomic E-state index is 0.219. The van der Waals surface area contributed by atoms with E-state index in [-0.39, 0.29) is 12.2 Å².